The van der Waals surface area contributed by atoms with Crippen LogP contribution in [0.1, 0.15) is 5.56 Å². The Hall–Kier alpha value is -2.59. The third-order valence-corrected chi connectivity index (χ3v) is 4.35. The highest BCUT2D eigenvalue weighted by Gasteiger charge is 2.31. The molecule has 2 heterocycles. The summed E-state index contributed by atoms with van der Waals surface area (Å²) in [5.74, 6) is -0.0617. The lowest BCUT2D eigenvalue weighted by Crippen LogP contribution is -2.16. The number of nitrogens with zero attached hydrogens (tertiary/aromatic N) is 3. The predicted molar refractivity (Wildman–Crippen MR) is 92.5 cm³/mol. The van der Waals surface area contributed by atoms with E-state index in [-0.39, 0.29) is 16.7 Å². The molecule has 0 aliphatic carbocycles. The van der Waals surface area contributed by atoms with Gasteiger partial charge >= 0.3 is 6.36 Å². The quantitative estimate of drug-likeness (QED) is 0.642. The fraction of sp³-hybridized carbons (Fsp3) is 0.125. The fourth-order valence-corrected chi connectivity index (χ4v) is 3.10. The lowest BCUT2D eigenvalue weighted by molar-refractivity contribution is -0.274. The standard InChI is InChI=1S/C16H11ClF3N3O3S/c17-15-14(11-2-4-12(5-3-11)26-16(18,19)20)23(9-22-15)13-6-1-10(7-21-13)8-27(24)25/h1-7,9,27H,8H2. The number of alkyl halides is 3. The largest absolute Gasteiger partial charge is 0.573 e. The first-order chi connectivity index (χ1) is 12.7. The zero-order chi connectivity index (χ0) is 19.6. The van der Waals surface area contributed by atoms with Crippen LogP contribution >= 0.6 is 11.6 Å². The van der Waals surface area contributed by atoms with Crippen molar-refractivity contribution in [2.45, 2.75) is 12.1 Å². The average Bonchev–Trinajstić information content (AvgIpc) is 2.96. The van der Waals surface area contributed by atoms with Gasteiger partial charge in [-0.2, -0.15) is 0 Å². The number of thiol groups is 1. The summed E-state index contributed by atoms with van der Waals surface area (Å²) in [4.78, 5) is 8.19. The van der Waals surface area contributed by atoms with E-state index in [4.69, 9.17) is 11.6 Å². The van der Waals surface area contributed by atoms with Gasteiger partial charge in [-0.05, 0) is 35.9 Å². The maximum Gasteiger partial charge on any atom is 0.573 e. The van der Waals surface area contributed by atoms with E-state index in [0.717, 1.165) is 12.1 Å². The molecule has 0 spiro atoms. The zero-order valence-electron chi connectivity index (χ0n) is 13.4. The number of hydrogen-bond donors (Lipinski definition) is 1. The minimum absolute atomic E-state index is 0.124. The molecule has 6 nitrogen and oxygen atoms in total. The monoisotopic (exact) mass is 417 g/mol. The second-order valence-electron chi connectivity index (χ2n) is 5.34. The van der Waals surface area contributed by atoms with Crippen LogP contribution in [0.3, 0.4) is 0 Å². The molecular weight excluding hydrogens is 407 g/mol. The molecule has 0 amide bonds. The van der Waals surface area contributed by atoms with Crippen LogP contribution in [0.4, 0.5) is 13.2 Å². The summed E-state index contributed by atoms with van der Waals surface area (Å²) in [6.07, 6.45) is -1.95. The van der Waals surface area contributed by atoms with Crippen molar-refractivity contribution in [1.29, 1.82) is 0 Å². The van der Waals surface area contributed by atoms with Gasteiger partial charge in [0.1, 0.15) is 28.6 Å². The molecule has 0 atom stereocenters. The van der Waals surface area contributed by atoms with E-state index < -0.39 is 17.1 Å². The number of rotatable bonds is 5. The molecule has 0 bridgehead atoms. The third-order valence-electron chi connectivity index (χ3n) is 3.45. The summed E-state index contributed by atoms with van der Waals surface area (Å²) in [6, 6.07) is 8.35. The van der Waals surface area contributed by atoms with Crippen LogP contribution in [0, 0.1) is 0 Å². The van der Waals surface area contributed by atoms with Gasteiger partial charge in [-0.1, -0.05) is 17.7 Å². The second-order valence-corrected chi connectivity index (χ2v) is 6.68. The van der Waals surface area contributed by atoms with Gasteiger partial charge in [-0.15, -0.1) is 13.2 Å². The van der Waals surface area contributed by atoms with E-state index in [1.165, 1.54) is 24.7 Å². The predicted octanol–water partition coefficient (Wildman–Crippen LogP) is 3.60. The molecule has 11 heteroatoms. The Kier molecular flexibility index (Phi) is 5.38. The molecule has 0 aliphatic heterocycles. The van der Waals surface area contributed by atoms with E-state index in [2.05, 4.69) is 14.7 Å². The summed E-state index contributed by atoms with van der Waals surface area (Å²) >= 11 is 6.12. The van der Waals surface area contributed by atoms with Crippen LogP contribution in [0.25, 0.3) is 17.1 Å². The third kappa shape index (κ3) is 4.77. The van der Waals surface area contributed by atoms with E-state index in [1.54, 1.807) is 16.7 Å². The summed E-state index contributed by atoms with van der Waals surface area (Å²) in [6.45, 7) is 0. The molecule has 0 fully saturated rings. The van der Waals surface area contributed by atoms with Gasteiger partial charge in [0.25, 0.3) is 0 Å². The number of benzene rings is 1. The van der Waals surface area contributed by atoms with E-state index in [0.29, 0.717) is 22.6 Å². The number of aromatic nitrogens is 3. The highest BCUT2D eigenvalue weighted by molar-refractivity contribution is 7.71. The molecule has 0 saturated heterocycles. The van der Waals surface area contributed by atoms with Crippen molar-refractivity contribution in [2.75, 3.05) is 0 Å². The lowest BCUT2D eigenvalue weighted by atomic mass is 10.1. The maximum absolute atomic E-state index is 12.3. The Morgan fingerprint density at radius 2 is 1.78 bits per heavy atom. The van der Waals surface area contributed by atoms with Crippen LogP contribution in [-0.2, 0) is 16.5 Å². The van der Waals surface area contributed by atoms with Crippen LogP contribution in [0.2, 0.25) is 5.15 Å². The normalized spacial score (nSPS) is 11.7. The molecule has 2 aromatic heterocycles. The van der Waals surface area contributed by atoms with Gasteiger partial charge < -0.3 is 4.74 Å². The Labute approximate surface area is 158 Å². The Morgan fingerprint density at radius 1 is 1.07 bits per heavy atom. The second kappa shape index (κ2) is 7.57. The minimum Gasteiger partial charge on any atom is -0.406 e. The van der Waals surface area contributed by atoms with Crippen molar-refractivity contribution in [3.63, 3.8) is 0 Å². The summed E-state index contributed by atoms with van der Waals surface area (Å²) in [7, 11) is -2.56. The molecule has 0 radical (unpaired) electrons. The Morgan fingerprint density at radius 3 is 2.33 bits per heavy atom. The van der Waals surface area contributed by atoms with Gasteiger partial charge in [-0.3, -0.25) is 4.57 Å². The number of hydrogen-bond acceptors (Lipinski definition) is 5. The highest BCUT2D eigenvalue weighted by Crippen LogP contribution is 2.31. The molecular formula is C16H11ClF3N3O3S. The maximum atomic E-state index is 12.3. The Balaban J connectivity index is 1.93. The van der Waals surface area contributed by atoms with E-state index >= 15 is 0 Å². The molecule has 3 aromatic rings. The first kappa shape index (κ1) is 19.2. The molecule has 3 rings (SSSR count). The lowest BCUT2D eigenvalue weighted by Gasteiger charge is -2.11. The van der Waals surface area contributed by atoms with Crippen molar-refractivity contribution >= 4 is 22.3 Å². The van der Waals surface area contributed by atoms with Crippen LogP contribution in [-0.4, -0.2) is 29.3 Å². The van der Waals surface area contributed by atoms with Gasteiger partial charge in [0.2, 0.25) is 0 Å². The van der Waals surface area contributed by atoms with Gasteiger partial charge in [0.15, 0.2) is 5.15 Å². The smallest absolute Gasteiger partial charge is 0.406 e. The van der Waals surface area contributed by atoms with Crippen molar-refractivity contribution in [3.05, 3.63) is 59.6 Å². The first-order valence-corrected chi connectivity index (χ1v) is 9.13. The molecule has 0 N–H and O–H groups in total. The van der Waals surface area contributed by atoms with E-state index in [1.807, 2.05) is 0 Å². The molecule has 27 heavy (non-hydrogen) atoms. The van der Waals surface area contributed by atoms with Crippen molar-refractivity contribution in [3.8, 4) is 22.8 Å². The van der Waals surface area contributed by atoms with Crippen molar-refractivity contribution in [1.82, 2.24) is 14.5 Å². The fourth-order valence-electron chi connectivity index (χ4n) is 2.37. The highest BCUT2D eigenvalue weighted by atomic mass is 35.5. The first-order valence-electron chi connectivity index (χ1n) is 7.39. The zero-order valence-corrected chi connectivity index (χ0v) is 15.0. The summed E-state index contributed by atoms with van der Waals surface area (Å²) in [5, 5.41) is 0.132. The topological polar surface area (TPSA) is 74.1 Å². The number of pyridine rings is 1. The summed E-state index contributed by atoms with van der Waals surface area (Å²) in [5.41, 5.74) is 1.45. The average molecular weight is 418 g/mol. The Bertz CT molecular complexity index is 1010. The number of ether oxygens (including phenoxy) is 1. The molecule has 0 aliphatic rings. The molecule has 0 unspecified atom stereocenters. The van der Waals surface area contributed by atoms with Gasteiger partial charge in [0, 0.05) is 11.8 Å². The molecule has 0 saturated carbocycles. The minimum atomic E-state index is -4.78. The van der Waals surface area contributed by atoms with Gasteiger partial charge in [-0.25, -0.2) is 18.4 Å². The van der Waals surface area contributed by atoms with Crippen molar-refractivity contribution < 1.29 is 26.3 Å². The van der Waals surface area contributed by atoms with Gasteiger partial charge in [0.05, 0.1) is 11.4 Å². The number of halogens is 4. The van der Waals surface area contributed by atoms with Crippen LogP contribution < -0.4 is 4.74 Å². The number of imidazole rings is 1. The van der Waals surface area contributed by atoms with E-state index in [9.17, 15) is 21.6 Å². The van der Waals surface area contributed by atoms with Crippen molar-refractivity contribution in [2.24, 2.45) is 0 Å². The SMILES string of the molecule is O=[SH](=O)Cc1ccc(-n2cnc(Cl)c2-c2ccc(OC(F)(F)F)cc2)nc1. The van der Waals surface area contributed by atoms with Crippen LogP contribution in [0.5, 0.6) is 5.75 Å². The van der Waals surface area contributed by atoms with Crippen LogP contribution in [0.15, 0.2) is 48.9 Å². The summed E-state index contributed by atoms with van der Waals surface area (Å²) < 4.78 is 63.8. The molecule has 142 valence electrons. The molecule has 1 aromatic carbocycles.